The van der Waals surface area contributed by atoms with E-state index in [9.17, 15) is 13.2 Å². The molecule has 3 aromatic rings. The van der Waals surface area contributed by atoms with Crippen LogP contribution in [0.25, 0.3) is 0 Å². The van der Waals surface area contributed by atoms with E-state index in [1.165, 1.54) is 12.1 Å². The van der Waals surface area contributed by atoms with Crippen LogP contribution >= 0.6 is 12.2 Å². The summed E-state index contributed by atoms with van der Waals surface area (Å²) in [7, 11) is -2.08. The van der Waals surface area contributed by atoms with E-state index in [-0.39, 0.29) is 15.9 Å². The van der Waals surface area contributed by atoms with Gasteiger partial charge < -0.3 is 10.1 Å². The van der Waals surface area contributed by atoms with Crippen molar-refractivity contribution in [3.05, 3.63) is 90.0 Å². The Kier molecular flexibility index (Phi) is 7.93. The molecule has 0 saturated heterocycles. The lowest BCUT2D eigenvalue weighted by atomic mass is 10.2. The van der Waals surface area contributed by atoms with Gasteiger partial charge in [-0.15, -0.1) is 0 Å². The van der Waals surface area contributed by atoms with Crippen LogP contribution in [0, 0.1) is 0 Å². The van der Waals surface area contributed by atoms with Gasteiger partial charge in [0.2, 0.25) is 10.0 Å². The molecule has 1 amide bonds. The molecule has 0 fully saturated rings. The predicted molar refractivity (Wildman–Crippen MR) is 128 cm³/mol. The molecule has 0 spiro atoms. The maximum Gasteiger partial charge on any atom is 0.257 e. The van der Waals surface area contributed by atoms with Crippen LogP contribution in [0.2, 0.25) is 0 Å². The molecule has 0 radical (unpaired) electrons. The normalized spacial score (nSPS) is 10.9. The third-order valence-corrected chi connectivity index (χ3v) is 6.23. The average Bonchev–Trinajstić information content (AvgIpc) is 2.80. The van der Waals surface area contributed by atoms with Crippen molar-refractivity contribution in [1.29, 1.82) is 0 Å². The Morgan fingerprint density at radius 2 is 1.59 bits per heavy atom. The minimum atomic E-state index is -3.63. The first kappa shape index (κ1) is 23.4. The maximum absolute atomic E-state index is 12.5. The Hall–Kier alpha value is -3.27. The Bertz CT molecular complexity index is 1160. The van der Waals surface area contributed by atoms with E-state index in [1.807, 2.05) is 30.3 Å². The summed E-state index contributed by atoms with van der Waals surface area (Å²) >= 11 is 5.17. The van der Waals surface area contributed by atoms with Crippen LogP contribution in [0.4, 0.5) is 5.69 Å². The first-order chi connectivity index (χ1) is 15.4. The highest BCUT2D eigenvalue weighted by atomic mass is 32.2. The van der Waals surface area contributed by atoms with Crippen molar-refractivity contribution in [2.75, 3.05) is 19.0 Å². The molecule has 3 aromatic carbocycles. The van der Waals surface area contributed by atoms with Crippen LogP contribution in [-0.2, 0) is 16.4 Å². The molecule has 0 aliphatic carbocycles. The molecule has 3 N–H and O–H groups in total. The van der Waals surface area contributed by atoms with Gasteiger partial charge in [0.1, 0.15) is 5.75 Å². The van der Waals surface area contributed by atoms with Gasteiger partial charge in [0, 0.05) is 17.8 Å². The van der Waals surface area contributed by atoms with E-state index in [0.717, 1.165) is 5.56 Å². The molecule has 0 bridgehead atoms. The smallest absolute Gasteiger partial charge is 0.257 e. The lowest BCUT2D eigenvalue weighted by Crippen LogP contribution is -2.34. The van der Waals surface area contributed by atoms with Gasteiger partial charge >= 0.3 is 0 Å². The molecule has 0 heterocycles. The number of carbonyl (C=O) groups is 1. The number of nitrogens with one attached hydrogen (secondary N) is 3. The SMILES string of the molecule is COc1ccc(C(=O)NC(=S)Nc2ccc(S(=O)(=O)NCCc3ccccc3)cc2)cc1. The van der Waals surface area contributed by atoms with E-state index >= 15 is 0 Å². The van der Waals surface area contributed by atoms with Crippen molar-refractivity contribution in [1.82, 2.24) is 10.0 Å². The molecule has 0 aliphatic rings. The summed E-state index contributed by atoms with van der Waals surface area (Å²) in [6.45, 7) is 0.299. The fourth-order valence-electron chi connectivity index (χ4n) is 2.86. The number of thiocarbonyl (C=S) groups is 1. The third-order valence-electron chi connectivity index (χ3n) is 4.55. The summed E-state index contributed by atoms with van der Waals surface area (Å²) < 4.78 is 32.6. The Balaban J connectivity index is 1.52. The first-order valence-electron chi connectivity index (χ1n) is 9.77. The molecule has 166 valence electrons. The van der Waals surface area contributed by atoms with Gasteiger partial charge in [-0.1, -0.05) is 30.3 Å². The summed E-state index contributed by atoms with van der Waals surface area (Å²) in [5, 5.41) is 5.55. The number of methoxy groups -OCH3 is 1. The Morgan fingerprint density at radius 3 is 2.22 bits per heavy atom. The minimum Gasteiger partial charge on any atom is -0.497 e. The number of anilines is 1. The van der Waals surface area contributed by atoms with Crippen molar-refractivity contribution in [2.24, 2.45) is 0 Å². The van der Waals surface area contributed by atoms with Crippen LogP contribution in [0.3, 0.4) is 0 Å². The van der Waals surface area contributed by atoms with E-state index in [1.54, 1.807) is 43.5 Å². The molecule has 0 unspecified atom stereocenters. The molecule has 7 nitrogen and oxygen atoms in total. The van der Waals surface area contributed by atoms with Crippen LogP contribution < -0.4 is 20.1 Å². The topological polar surface area (TPSA) is 96.5 Å². The molecule has 0 atom stereocenters. The summed E-state index contributed by atoms with van der Waals surface area (Å²) in [6.07, 6.45) is 0.599. The predicted octanol–water partition coefficient (Wildman–Crippen LogP) is 3.34. The van der Waals surface area contributed by atoms with Crippen LogP contribution in [-0.4, -0.2) is 33.1 Å². The molecule has 0 aromatic heterocycles. The zero-order chi connectivity index (χ0) is 23.0. The summed E-state index contributed by atoms with van der Waals surface area (Å²) in [6, 6.07) is 22.4. The second-order valence-corrected chi connectivity index (χ2v) is 8.97. The van der Waals surface area contributed by atoms with Gasteiger partial charge in [0.15, 0.2) is 5.11 Å². The molecule has 0 saturated carbocycles. The van der Waals surface area contributed by atoms with Gasteiger partial charge in [-0.3, -0.25) is 10.1 Å². The zero-order valence-corrected chi connectivity index (χ0v) is 19.0. The van der Waals surface area contributed by atoms with Gasteiger partial charge in [-0.05, 0) is 72.7 Å². The van der Waals surface area contributed by atoms with Crippen LogP contribution in [0.15, 0.2) is 83.8 Å². The second-order valence-electron chi connectivity index (χ2n) is 6.79. The van der Waals surface area contributed by atoms with Gasteiger partial charge in [0.05, 0.1) is 12.0 Å². The first-order valence-corrected chi connectivity index (χ1v) is 11.7. The van der Waals surface area contributed by atoms with E-state index < -0.39 is 10.0 Å². The number of carbonyl (C=O) groups excluding carboxylic acids is 1. The van der Waals surface area contributed by atoms with E-state index in [0.29, 0.717) is 30.0 Å². The number of sulfonamides is 1. The van der Waals surface area contributed by atoms with Crippen molar-refractivity contribution in [3.63, 3.8) is 0 Å². The third kappa shape index (κ3) is 6.61. The highest BCUT2D eigenvalue weighted by Gasteiger charge is 2.14. The maximum atomic E-state index is 12.5. The number of hydrogen-bond acceptors (Lipinski definition) is 5. The standard InChI is InChI=1S/C23H23N3O4S2/c1-30-20-11-7-18(8-12-20)22(27)26-23(31)25-19-9-13-21(14-10-19)32(28,29)24-16-15-17-5-3-2-4-6-17/h2-14,24H,15-16H2,1H3,(H2,25,26,27,31). The fraction of sp³-hybridized carbons (Fsp3) is 0.130. The van der Waals surface area contributed by atoms with Gasteiger partial charge in [-0.2, -0.15) is 0 Å². The van der Waals surface area contributed by atoms with Crippen LogP contribution in [0.1, 0.15) is 15.9 Å². The summed E-state index contributed by atoms with van der Waals surface area (Å²) in [4.78, 5) is 12.4. The molecular weight excluding hydrogens is 446 g/mol. The van der Waals surface area contributed by atoms with Crippen molar-refractivity contribution in [2.45, 2.75) is 11.3 Å². The number of ether oxygens (including phenoxy) is 1. The number of rotatable bonds is 8. The molecular formula is C23H23N3O4S2. The Morgan fingerprint density at radius 1 is 0.938 bits per heavy atom. The largest absolute Gasteiger partial charge is 0.497 e. The summed E-state index contributed by atoms with van der Waals surface area (Å²) in [5.74, 6) is 0.277. The highest BCUT2D eigenvalue weighted by molar-refractivity contribution is 7.89. The van der Waals surface area contributed by atoms with E-state index in [2.05, 4.69) is 15.4 Å². The molecule has 9 heteroatoms. The van der Waals surface area contributed by atoms with Gasteiger partial charge in [0.25, 0.3) is 5.91 Å². The lowest BCUT2D eigenvalue weighted by Gasteiger charge is -2.11. The van der Waals surface area contributed by atoms with Crippen molar-refractivity contribution < 1.29 is 17.9 Å². The Labute approximate surface area is 192 Å². The second kappa shape index (κ2) is 10.9. The lowest BCUT2D eigenvalue weighted by molar-refractivity contribution is 0.0977. The van der Waals surface area contributed by atoms with Crippen LogP contribution in [0.5, 0.6) is 5.75 Å². The number of benzene rings is 3. The molecule has 32 heavy (non-hydrogen) atoms. The molecule has 0 aliphatic heterocycles. The zero-order valence-electron chi connectivity index (χ0n) is 17.4. The fourth-order valence-corrected chi connectivity index (χ4v) is 4.10. The van der Waals surface area contributed by atoms with Crippen molar-refractivity contribution >= 4 is 38.9 Å². The number of hydrogen-bond donors (Lipinski definition) is 3. The minimum absolute atomic E-state index is 0.0995. The average molecular weight is 470 g/mol. The number of amides is 1. The monoisotopic (exact) mass is 469 g/mol. The quantitative estimate of drug-likeness (QED) is 0.438. The highest BCUT2D eigenvalue weighted by Crippen LogP contribution is 2.15. The van der Waals surface area contributed by atoms with E-state index in [4.69, 9.17) is 17.0 Å². The summed E-state index contributed by atoms with van der Waals surface area (Å²) in [5.41, 5.74) is 2.03. The molecule has 3 rings (SSSR count). The van der Waals surface area contributed by atoms with Gasteiger partial charge in [-0.25, -0.2) is 13.1 Å². The van der Waals surface area contributed by atoms with Crippen molar-refractivity contribution in [3.8, 4) is 5.75 Å².